The maximum atomic E-state index is 12.0. The van der Waals surface area contributed by atoms with Crippen LogP contribution in [0.5, 0.6) is 0 Å². The number of hydrogen-bond donors (Lipinski definition) is 1. The molecule has 1 aromatic rings. The van der Waals surface area contributed by atoms with Gasteiger partial charge in [0.1, 0.15) is 5.60 Å². The van der Waals surface area contributed by atoms with Gasteiger partial charge in [0.05, 0.1) is 0 Å². The molecule has 1 amide bonds. The lowest BCUT2D eigenvalue weighted by Gasteiger charge is -2.38. The molecule has 0 aromatic carbocycles. The van der Waals surface area contributed by atoms with Gasteiger partial charge in [0.15, 0.2) is 0 Å². The van der Waals surface area contributed by atoms with Gasteiger partial charge in [0.2, 0.25) is 0 Å². The summed E-state index contributed by atoms with van der Waals surface area (Å²) in [6, 6.07) is 4.47. The minimum atomic E-state index is -0.425. The van der Waals surface area contributed by atoms with Gasteiger partial charge in [-0.1, -0.05) is 0 Å². The van der Waals surface area contributed by atoms with Crippen molar-refractivity contribution < 1.29 is 9.53 Å². The Hall–Kier alpha value is -1.49. The summed E-state index contributed by atoms with van der Waals surface area (Å²) in [5.74, 6) is 0. The molecule has 1 fully saturated rings. The number of rotatable bonds is 2. The fraction of sp³-hybridized carbons (Fsp3) is 0.667. The average Bonchev–Trinajstić information content (AvgIpc) is 2.90. The first-order valence-electron chi connectivity index (χ1n) is 7.22. The third kappa shape index (κ3) is 3.76. The highest BCUT2D eigenvalue weighted by Gasteiger charge is 2.28. The van der Waals surface area contributed by atoms with Gasteiger partial charge in [-0.05, 0) is 39.8 Å². The summed E-state index contributed by atoms with van der Waals surface area (Å²) in [5.41, 5.74) is 0.793. The summed E-state index contributed by atoms with van der Waals surface area (Å²) in [7, 11) is 0. The number of carbonyl (C=O) groups excluding carboxylic acids is 1. The first kappa shape index (κ1) is 14.9. The maximum absolute atomic E-state index is 12.0. The van der Waals surface area contributed by atoms with E-state index >= 15 is 0 Å². The van der Waals surface area contributed by atoms with Gasteiger partial charge in [0.25, 0.3) is 0 Å². The Labute approximate surface area is 120 Å². The second-order valence-corrected chi connectivity index (χ2v) is 6.30. The van der Waals surface area contributed by atoms with Crippen LogP contribution in [0.3, 0.4) is 0 Å². The molecule has 5 nitrogen and oxygen atoms in total. The Bertz CT molecular complexity index is 428. The van der Waals surface area contributed by atoms with E-state index in [2.05, 4.69) is 22.9 Å². The highest BCUT2D eigenvalue weighted by atomic mass is 16.6. The van der Waals surface area contributed by atoms with Gasteiger partial charge in [-0.3, -0.25) is 4.90 Å². The second-order valence-electron chi connectivity index (χ2n) is 6.30. The molecule has 5 heteroatoms. The van der Waals surface area contributed by atoms with E-state index < -0.39 is 5.60 Å². The number of piperazine rings is 1. The molecule has 1 saturated heterocycles. The van der Waals surface area contributed by atoms with Crippen molar-refractivity contribution in [3.63, 3.8) is 0 Å². The van der Waals surface area contributed by atoms with Crippen molar-refractivity contribution in [3.8, 4) is 0 Å². The molecule has 0 aliphatic carbocycles. The number of hydrogen-bond acceptors (Lipinski definition) is 3. The summed E-state index contributed by atoms with van der Waals surface area (Å²) in [4.78, 5) is 19.4. The Morgan fingerprint density at radius 3 is 2.45 bits per heavy atom. The quantitative estimate of drug-likeness (QED) is 0.905. The van der Waals surface area contributed by atoms with Crippen LogP contribution in [0.15, 0.2) is 18.3 Å². The minimum Gasteiger partial charge on any atom is -0.444 e. The topological polar surface area (TPSA) is 48.6 Å². The Morgan fingerprint density at radius 1 is 1.30 bits per heavy atom. The van der Waals surface area contributed by atoms with Crippen molar-refractivity contribution in [2.75, 3.05) is 26.2 Å². The number of aromatic amines is 1. The molecule has 0 bridgehead atoms. The van der Waals surface area contributed by atoms with E-state index in [1.807, 2.05) is 33.0 Å². The number of aromatic nitrogens is 1. The molecule has 20 heavy (non-hydrogen) atoms. The van der Waals surface area contributed by atoms with Crippen LogP contribution in [-0.4, -0.2) is 52.7 Å². The summed E-state index contributed by atoms with van der Waals surface area (Å²) in [6.45, 7) is 11.1. The molecule has 1 N–H and O–H groups in total. The van der Waals surface area contributed by atoms with Crippen LogP contribution >= 0.6 is 0 Å². The van der Waals surface area contributed by atoms with E-state index in [1.165, 1.54) is 5.69 Å². The maximum Gasteiger partial charge on any atom is 0.410 e. The molecule has 0 radical (unpaired) electrons. The number of carbonyl (C=O) groups is 1. The highest BCUT2D eigenvalue weighted by Crippen LogP contribution is 2.20. The minimum absolute atomic E-state index is 0.204. The molecule has 1 aliphatic rings. The van der Waals surface area contributed by atoms with E-state index in [0.717, 1.165) is 26.2 Å². The number of ether oxygens (including phenoxy) is 1. The number of amides is 1. The van der Waals surface area contributed by atoms with Gasteiger partial charge in [-0.25, -0.2) is 4.79 Å². The lowest BCUT2D eigenvalue weighted by molar-refractivity contribution is 0.0109. The van der Waals surface area contributed by atoms with Crippen LogP contribution < -0.4 is 0 Å². The van der Waals surface area contributed by atoms with Crippen molar-refractivity contribution in [1.82, 2.24) is 14.8 Å². The van der Waals surface area contributed by atoms with Gasteiger partial charge >= 0.3 is 6.09 Å². The van der Waals surface area contributed by atoms with Crippen LogP contribution in [0.25, 0.3) is 0 Å². The number of nitrogens with zero attached hydrogens (tertiary/aromatic N) is 2. The Balaban J connectivity index is 1.85. The van der Waals surface area contributed by atoms with E-state index in [4.69, 9.17) is 4.74 Å². The van der Waals surface area contributed by atoms with Crippen molar-refractivity contribution in [2.24, 2.45) is 0 Å². The van der Waals surface area contributed by atoms with Crippen molar-refractivity contribution in [3.05, 3.63) is 24.0 Å². The molecule has 0 unspecified atom stereocenters. The third-order valence-electron chi connectivity index (χ3n) is 3.59. The summed E-state index contributed by atoms with van der Waals surface area (Å²) < 4.78 is 5.41. The molecule has 0 saturated carbocycles. The van der Waals surface area contributed by atoms with Crippen molar-refractivity contribution >= 4 is 6.09 Å². The SMILES string of the molecule is C[C@@H](c1ccc[nH]1)N1CCN(C(=O)OC(C)(C)C)CC1. The van der Waals surface area contributed by atoms with Crippen molar-refractivity contribution in [2.45, 2.75) is 39.3 Å². The van der Waals surface area contributed by atoms with Crippen LogP contribution in [0.4, 0.5) is 4.79 Å². The van der Waals surface area contributed by atoms with E-state index in [-0.39, 0.29) is 6.09 Å². The third-order valence-corrected chi connectivity index (χ3v) is 3.59. The molecule has 112 valence electrons. The predicted octanol–water partition coefficient (Wildman–Crippen LogP) is 2.63. The first-order valence-corrected chi connectivity index (χ1v) is 7.22. The van der Waals surface area contributed by atoms with Crippen LogP contribution in [-0.2, 0) is 4.74 Å². The molecule has 1 atom stereocenters. The van der Waals surface area contributed by atoms with E-state index in [1.54, 1.807) is 4.90 Å². The molecule has 1 aliphatic heterocycles. The molecule has 2 heterocycles. The second kappa shape index (κ2) is 5.87. The zero-order valence-electron chi connectivity index (χ0n) is 12.8. The Morgan fingerprint density at radius 2 is 1.95 bits per heavy atom. The lowest BCUT2D eigenvalue weighted by atomic mass is 10.2. The van der Waals surface area contributed by atoms with Gasteiger partial charge in [0, 0.05) is 44.1 Å². The summed E-state index contributed by atoms with van der Waals surface area (Å²) in [5, 5.41) is 0. The fourth-order valence-electron chi connectivity index (χ4n) is 2.42. The Kier molecular flexibility index (Phi) is 4.38. The fourth-order valence-corrected chi connectivity index (χ4v) is 2.42. The molecule has 1 aromatic heterocycles. The van der Waals surface area contributed by atoms with Gasteiger partial charge in [-0.15, -0.1) is 0 Å². The van der Waals surface area contributed by atoms with Crippen LogP contribution in [0, 0.1) is 0 Å². The number of nitrogens with one attached hydrogen (secondary N) is 1. The van der Waals surface area contributed by atoms with Crippen LogP contribution in [0.2, 0.25) is 0 Å². The van der Waals surface area contributed by atoms with E-state index in [9.17, 15) is 4.79 Å². The highest BCUT2D eigenvalue weighted by molar-refractivity contribution is 5.68. The van der Waals surface area contributed by atoms with Crippen LogP contribution in [0.1, 0.15) is 39.4 Å². The summed E-state index contributed by atoms with van der Waals surface area (Å²) >= 11 is 0. The van der Waals surface area contributed by atoms with Gasteiger partial charge < -0.3 is 14.6 Å². The monoisotopic (exact) mass is 279 g/mol. The van der Waals surface area contributed by atoms with Crippen molar-refractivity contribution in [1.29, 1.82) is 0 Å². The summed E-state index contributed by atoms with van der Waals surface area (Å²) in [6.07, 6.45) is 1.74. The lowest BCUT2D eigenvalue weighted by Crippen LogP contribution is -2.50. The average molecular weight is 279 g/mol. The smallest absolute Gasteiger partial charge is 0.410 e. The van der Waals surface area contributed by atoms with E-state index in [0.29, 0.717) is 6.04 Å². The molecular weight excluding hydrogens is 254 g/mol. The first-order chi connectivity index (χ1) is 9.37. The predicted molar refractivity (Wildman–Crippen MR) is 78.6 cm³/mol. The zero-order valence-corrected chi connectivity index (χ0v) is 12.8. The zero-order chi connectivity index (χ0) is 14.8. The molecular formula is C15H25N3O2. The molecule has 2 rings (SSSR count). The normalized spacial score (nSPS) is 18.9. The standard InChI is InChI=1S/C15H25N3O2/c1-12(13-6-5-7-16-13)17-8-10-18(11-9-17)14(19)20-15(2,3)4/h5-7,12,16H,8-11H2,1-4H3/t12-/m0/s1. The van der Waals surface area contributed by atoms with Gasteiger partial charge in [-0.2, -0.15) is 0 Å². The largest absolute Gasteiger partial charge is 0.444 e. The molecule has 0 spiro atoms. The number of H-pyrrole nitrogens is 1.